The average molecular weight is 400 g/mol. The summed E-state index contributed by atoms with van der Waals surface area (Å²) in [5.74, 6) is -0.686. The molecule has 0 unspecified atom stereocenters. The van der Waals surface area contributed by atoms with Crippen molar-refractivity contribution in [3.8, 4) is 0 Å². The van der Waals surface area contributed by atoms with Gasteiger partial charge in [0.05, 0.1) is 26.8 Å². The number of nitro groups is 1. The zero-order valence-corrected chi connectivity index (χ0v) is 15.3. The van der Waals surface area contributed by atoms with Crippen molar-refractivity contribution in [2.45, 2.75) is 0 Å². The number of halogens is 1. The van der Waals surface area contributed by atoms with Crippen LogP contribution in [-0.2, 0) is 7.05 Å². The number of nitrogens with zero attached hydrogens (tertiary/aromatic N) is 3. The average Bonchev–Trinajstić information content (AvgIpc) is 3.06. The maximum Gasteiger partial charge on any atom is 0.270 e. The third-order valence-electron chi connectivity index (χ3n) is 3.78. The molecular weight excluding hydrogens is 386 g/mol. The van der Waals surface area contributed by atoms with Crippen LogP contribution in [0.1, 0.15) is 20.7 Å². The summed E-state index contributed by atoms with van der Waals surface area (Å²) >= 11 is 5.99. The van der Waals surface area contributed by atoms with E-state index in [4.69, 9.17) is 11.6 Å². The van der Waals surface area contributed by atoms with Gasteiger partial charge in [-0.2, -0.15) is 5.10 Å². The quantitative estimate of drug-likeness (QED) is 0.502. The number of carbonyl (C=O) groups is 2. The first-order valence-electron chi connectivity index (χ1n) is 8.00. The molecule has 0 fully saturated rings. The fourth-order valence-electron chi connectivity index (χ4n) is 2.45. The van der Waals surface area contributed by atoms with Crippen molar-refractivity contribution in [3.63, 3.8) is 0 Å². The van der Waals surface area contributed by atoms with Gasteiger partial charge in [-0.05, 0) is 18.2 Å². The Labute approximate surface area is 164 Å². The van der Waals surface area contributed by atoms with Crippen LogP contribution >= 0.6 is 11.6 Å². The molecule has 0 aliphatic carbocycles. The Morgan fingerprint density at radius 3 is 2.43 bits per heavy atom. The lowest BCUT2D eigenvalue weighted by Crippen LogP contribution is -2.18. The molecule has 1 heterocycles. The minimum absolute atomic E-state index is 0.0483. The summed E-state index contributed by atoms with van der Waals surface area (Å²) < 4.78 is 1.54. The number of amides is 2. The number of anilines is 2. The molecule has 9 nitrogen and oxygen atoms in total. The van der Waals surface area contributed by atoms with Crippen LogP contribution < -0.4 is 10.6 Å². The van der Waals surface area contributed by atoms with Crippen molar-refractivity contribution in [3.05, 3.63) is 81.0 Å². The number of rotatable bonds is 5. The van der Waals surface area contributed by atoms with Crippen molar-refractivity contribution in [2.24, 2.45) is 7.05 Å². The van der Waals surface area contributed by atoms with Gasteiger partial charge in [-0.15, -0.1) is 0 Å². The van der Waals surface area contributed by atoms with E-state index in [2.05, 4.69) is 15.7 Å². The fraction of sp³-hybridized carbons (Fsp3) is 0.0556. The smallest absolute Gasteiger partial charge is 0.270 e. The van der Waals surface area contributed by atoms with Crippen LogP contribution in [-0.4, -0.2) is 26.5 Å². The molecule has 2 N–H and O–H groups in total. The molecule has 3 aromatic rings. The molecule has 0 aliphatic rings. The number of para-hydroxylation sites is 1. The van der Waals surface area contributed by atoms with Gasteiger partial charge in [-0.1, -0.05) is 23.7 Å². The Balaban J connectivity index is 1.82. The molecule has 142 valence electrons. The lowest BCUT2D eigenvalue weighted by atomic mass is 10.1. The van der Waals surface area contributed by atoms with Gasteiger partial charge in [0.25, 0.3) is 17.5 Å². The molecule has 1 aromatic heterocycles. The molecule has 3 rings (SSSR count). The van der Waals surface area contributed by atoms with Crippen LogP contribution in [0.3, 0.4) is 0 Å². The molecular formula is C18H14ClN5O4. The number of aryl methyl sites for hydroxylation is 1. The molecule has 2 amide bonds. The van der Waals surface area contributed by atoms with Crippen molar-refractivity contribution < 1.29 is 14.5 Å². The summed E-state index contributed by atoms with van der Waals surface area (Å²) in [6.07, 6.45) is 1.68. The molecule has 0 aliphatic heterocycles. The molecule has 0 radical (unpaired) electrons. The largest absolute Gasteiger partial charge is 0.321 e. The van der Waals surface area contributed by atoms with Gasteiger partial charge >= 0.3 is 0 Å². The number of carbonyl (C=O) groups excluding carboxylic acids is 2. The van der Waals surface area contributed by atoms with E-state index in [0.717, 1.165) is 6.07 Å². The van der Waals surface area contributed by atoms with Gasteiger partial charge in [0, 0.05) is 31.4 Å². The number of hydrogen-bond acceptors (Lipinski definition) is 5. The standard InChI is InChI=1S/C18H14ClN5O4/c1-23-9-8-16(22-23)21-18(26)13-4-2-3-5-15(13)20-17(25)12-7-6-11(24(27)28)10-14(12)19/h2-10H,1H3,(H,20,25)(H,21,22,26). The Kier molecular flexibility index (Phi) is 5.37. The zero-order chi connectivity index (χ0) is 20.3. The third-order valence-corrected chi connectivity index (χ3v) is 4.10. The van der Waals surface area contributed by atoms with E-state index in [1.165, 1.54) is 12.1 Å². The van der Waals surface area contributed by atoms with Gasteiger partial charge in [-0.25, -0.2) is 0 Å². The fourth-order valence-corrected chi connectivity index (χ4v) is 2.71. The van der Waals surface area contributed by atoms with Gasteiger partial charge in [0.2, 0.25) is 0 Å². The van der Waals surface area contributed by atoms with Gasteiger partial charge in [0.1, 0.15) is 0 Å². The zero-order valence-electron chi connectivity index (χ0n) is 14.5. The highest BCUT2D eigenvalue weighted by Crippen LogP contribution is 2.24. The predicted octanol–water partition coefficient (Wildman–Crippen LogP) is 3.49. The van der Waals surface area contributed by atoms with Crippen molar-refractivity contribution in [1.82, 2.24) is 9.78 Å². The molecule has 0 saturated heterocycles. The van der Waals surface area contributed by atoms with Crippen LogP contribution in [0.25, 0.3) is 0 Å². The van der Waals surface area contributed by atoms with E-state index in [-0.39, 0.29) is 27.5 Å². The van der Waals surface area contributed by atoms with E-state index in [1.54, 1.807) is 48.3 Å². The first-order valence-corrected chi connectivity index (χ1v) is 8.38. The number of non-ortho nitro benzene ring substituents is 1. The number of aromatic nitrogens is 2. The summed E-state index contributed by atoms with van der Waals surface area (Å²) in [4.78, 5) is 35.3. The Morgan fingerprint density at radius 1 is 1.07 bits per heavy atom. The first kappa shape index (κ1) is 19.1. The molecule has 0 bridgehead atoms. The molecule has 0 spiro atoms. The summed E-state index contributed by atoms with van der Waals surface area (Å²) in [5, 5.41) is 20.0. The Hall–Kier alpha value is -3.72. The maximum atomic E-state index is 12.5. The lowest BCUT2D eigenvalue weighted by Gasteiger charge is -2.11. The second-order valence-electron chi connectivity index (χ2n) is 5.75. The van der Waals surface area contributed by atoms with Gasteiger partial charge in [0.15, 0.2) is 5.82 Å². The Morgan fingerprint density at radius 2 is 1.79 bits per heavy atom. The third kappa shape index (κ3) is 4.15. The Bertz CT molecular complexity index is 1080. The first-order chi connectivity index (χ1) is 13.3. The molecule has 0 saturated carbocycles. The van der Waals surface area contributed by atoms with E-state index in [9.17, 15) is 19.7 Å². The summed E-state index contributed by atoms with van der Waals surface area (Å²) in [6, 6.07) is 11.6. The van der Waals surface area contributed by atoms with Crippen LogP contribution in [0.15, 0.2) is 54.7 Å². The molecule has 28 heavy (non-hydrogen) atoms. The van der Waals surface area contributed by atoms with Crippen LogP contribution in [0.2, 0.25) is 5.02 Å². The van der Waals surface area contributed by atoms with Crippen molar-refractivity contribution in [1.29, 1.82) is 0 Å². The van der Waals surface area contributed by atoms with E-state index in [1.807, 2.05) is 0 Å². The molecule has 2 aromatic carbocycles. The van der Waals surface area contributed by atoms with E-state index >= 15 is 0 Å². The van der Waals surface area contributed by atoms with E-state index < -0.39 is 16.7 Å². The van der Waals surface area contributed by atoms with E-state index in [0.29, 0.717) is 5.82 Å². The summed E-state index contributed by atoms with van der Waals surface area (Å²) in [7, 11) is 1.72. The monoisotopic (exact) mass is 399 g/mol. The van der Waals surface area contributed by atoms with Crippen LogP contribution in [0.4, 0.5) is 17.2 Å². The number of nitrogens with one attached hydrogen (secondary N) is 2. The normalized spacial score (nSPS) is 10.4. The lowest BCUT2D eigenvalue weighted by molar-refractivity contribution is -0.384. The SMILES string of the molecule is Cn1ccc(NC(=O)c2ccccc2NC(=O)c2ccc([N+](=O)[O-])cc2Cl)n1. The highest BCUT2D eigenvalue weighted by molar-refractivity contribution is 6.34. The van der Waals surface area contributed by atoms with Gasteiger partial charge < -0.3 is 10.6 Å². The second-order valence-corrected chi connectivity index (χ2v) is 6.16. The summed E-state index contributed by atoms with van der Waals surface area (Å²) in [5.41, 5.74) is 0.304. The van der Waals surface area contributed by atoms with Gasteiger partial charge in [-0.3, -0.25) is 24.4 Å². The minimum atomic E-state index is -0.606. The highest BCUT2D eigenvalue weighted by atomic mass is 35.5. The van der Waals surface area contributed by atoms with Crippen LogP contribution in [0, 0.1) is 10.1 Å². The molecule has 0 atom stereocenters. The van der Waals surface area contributed by atoms with Crippen molar-refractivity contribution >= 4 is 40.6 Å². The van der Waals surface area contributed by atoms with Crippen molar-refractivity contribution in [2.75, 3.05) is 10.6 Å². The number of benzene rings is 2. The number of hydrogen-bond donors (Lipinski definition) is 2. The summed E-state index contributed by atoms with van der Waals surface area (Å²) in [6.45, 7) is 0. The van der Waals surface area contributed by atoms with Crippen LogP contribution in [0.5, 0.6) is 0 Å². The number of nitro benzene ring substituents is 1. The minimum Gasteiger partial charge on any atom is -0.321 e. The predicted molar refractivity (Wildman–Crippen MR) is 104 cm³/mol. The highest BCUT2D eigenvalue weighted by Gasteiger charge is 2.18. The second kappa shape index (κ2) is 7.89. The molecule has 10 heteroatoms. The maximum absolute atomic E-state index is 12.5. The topological polar surface area (TPSA) is 119 Å².